The van der Waals surface area contributed by atoms with Crippen molar-refractivity contribution >= 4 is 5.97 Å². The molecule has 0 amide bonds. The second-order valence-electron chi connectivity index (χ2n) is 2.95. The van der Waals surface area contributed by atoms with Gasteiger partial charge < -0.3 is 9.47 Å². The van der Waals surface area contributed by atoms with Crippen LogP contribution in [0.2, 0.25) is 0 Å². The maximum absolute atomic E-state index is 10.8. The van der Waals surface area contributed by atoms with E-state index in [0.29, 0.717) is 0 Å². The molecule has 3 nitrogen and oxygen atoms in total. The third-order valence-corrected chi connectivity index (χ3v) is 1.87. The van der Waals surface area contributed by atoms with Crippen LogP contribution < -0.4 is 0 Å². The lowest BCUT2D eigenvalue weighted by atomic mass is 10.1. The molecule has 1 atom stereocenters. The average Bonchev–Trinajstić information content (AvgIpc) is 2.04. The molecule has 1 saturated heterocycles. The minimum Gasteiger partial charge on any atom is -0.495 e. The number of hydrogen-bond donors (Lipinski definition) is 0. The fourth-order valence-corrected chi connectivity index (χ4v) is 1.24. The first-order chi connectivity index (χ1) is 5.72. The molecule has 0 aromatic rings. The Morgan fingerprint density at radius 3 is 3.08 bits per heavy atom. The highest BCUT2D eigenvalue weighted by molar-refractivity contribution is 5.82. The van der Waals surface area contributed by atoms with Crippen LogP contribution in [0.3, 0.4) is 0 Å². The van der Waals surface area contributed by atoms with Gasteiger partial charge >= 0.3 is 5.97 Å². The van der Waals surface area contributed by atoms with Crippen LogP contribution in [0, 0.1) is 0 Å². The first-order valence-electron chi connectivity index (χ1n) is 4.17. The normalized spacial score (nSPS) is 26.5. The molecule has 0 N–H and O–H groups in total. The van der Waals surface area contributed by atoms with Gasteiger partial charge in [0.25, 0.3) is 0 Å². The number of carbonyl (C=O) groups excluding carboxylic acids is 1. The molecule has 1 rings (SSSR count). The van der Waals surface area contributed by atoms with E-state index in [1.54, 1.807) is 0 Å². The Morgan fingerprint density at radius 1 is 1.75 bits per heavy atom. The summed E-state index contributed by atoms with van der Waals surface area (Å²) in [5, 5.41) is 0. The maximum Gasteiger partial charge on any atom is 0.333 e. The molecule has 0 saturated carbocycles. The van der Waals surface area contributed by atoms with Crippen molar-refractivity contribution in [1.82, 2.24) is 0 Å². The lowest BCUT2D eigenvalue weighted by Crippen LogP contribution is -2.14. The highest BCUT2D eigenvalue weighted by Crippen LogP contribution is 2.21. The van der Waals surface area contributed by atoms with E-state index in [1.165, 1.54) is 13.2 Å². The molecule has 1 aliphatic heterocycles. The zero-order chi connectivity index (χ0) is 8.97. The molecular formula is C9H14O3. The fourth-order valence-electron chi connectivity index (χ4n) is 1.24. The van der Waals surface area contributed by atoms with Crippen LogP contribution in [-0.2, 0) is 14.3 Å². The van der Waals surface area contributed by atoms with Gasteiger partial charge in [0.15, 0.2) is 0 Å². The molecular weight excluding hydrogens is 156 g/mol. The maximum atomic E-state index is 10.8. The largest absolute Gasteiger partial charge is 0.495 e. The van der Waals surface area contributed by atoms with E-state index in [4.69, 9.17) is 4.74 Å². The molecule has 1 heterocycles. The second-order valence-corrected chi connectivity index (χ2v) is 2.95. The van der Waals surface area contributed by atoms with E-state index >= 15 is 0 Å². The van der Waals surface area contributed by atoms with Gasteiger partial charge in [-0.2, -0.15) is 0 Å². The van der Waals surface area contributed by atoms with Gasteiger partial charge in [-0.05, 0) is 19.8 Å². The van der Waals surface area contributed by atoms with E-state index in [0.717, 1.165) is 25.0 Å². The van der Waals surface area contributed by atoms with Crippen LogP contribution in [-0.4, -0.2) is 19.2 Å². The monoisotopic (exact) mass is 170 g/mol. The van der Waals surface area contributed by atoms with Gasteiger partial charge in [-0.1, -0.05) is 0 Å². The Labute approximate surface area is 72.4 Å². The van der Waals surface area contributed by atoms with Crippen LogP contribution in [0.1, 0.15) is 26.2 Å². The zero-order valence-corrected chi connectivity index (χ0v) is 7.50. The average molecular weight is 170 g/mol. The molecule has 0 radical (unpaired) electrons. The van der Waals surface area contributed by atoms with E-state index in [9.17, 15) is 4.79 Å². The summed E-state index contributed by atoms with van der Waals surface area (Å²) in [5.74, 6) is 0.416. The molecule has 1 aliphatic rings. The molecule has 0 aromatic heterocycles. The molecule has 1 fully saturated rings. The topological polar surface area (TPSA) is 35.5 Å². The van der Waals surface area contributed by atoms with Gasteiger partial charge in [0.1, 0.15) is 5.76 Å². The van der Waals surface area contributed by atoms with Gasteiger partial charge in [-0.3, -0.25) is 0 Å². The van der Waals surface area contributed by atoms with Crippen LogP contribution in [0.5, 0.6) is 0 Å². The van der Waals surface area contributed by atoms with Gasteiger partial charge in [-0.25, -0.2) is 4.79 Å². The van der Waals surface area contributed by atoms with Crippen LogP contribution in [0.25, 0.3) is 0 Å². The molecule has 68 valence electrons. The standard InChI is InChI=1S/C9H14O3/c1-7-4-3-5-8(12-7)6-9(10)11-2/h6-7H,3-5H2,1-2H3/b8-6+. The van der Waals surface area contributed by atoms with E-state index in [-0.39, 0.29) is 12.1 Å². The lowest BCUT2D eigenvalue weighted by Gasteiger charge is -2.22. The SMILES string of the molecule is COC(=O)/C=C1\CCCC(C)O1. The number of allylic oxidation sites excluding steroid dienone is 1. The Hall–Kier alpha value is -0.990. The summed E-state index contributed by atoms with van der Waals surface area (Å²) in [7, 11) is 1.37. The summed E-state index contributed by atoms with van der Waals surface area (Å²) in [6.45, 7) is 2.00. The van der Waals surface area contributed by atoms with Gasteiger partial charge in [0.2, 0.25) is 0 Å². The summed E-state index contributed by atoms with van der Waals surface area (Å²) >= 11 is 0. The summed E-state index contributed by atoms with van der Waals surface area (Å²) < 4.78 is 9.91. The summed E-state index contributed by atoms with van der Waals surface area (Å²) in [6.07, 6.45) is 4.66. The summed E-state index contributed by atoms with van der Waals surface area (Å²) in [6, 6.07) is 0. The van der Waals surface area contributed by atoms with E-state index in [1.807, 2.05) is 6.92 Å². The molecule has 1 unspecified atom stereocenters. The predicted octanol–water partition coefficient (Wildman–Crippen LogP) is 1.63. The Balaban J connectivity index is 2.50. The summed E-state index contributed by atoms with van der Waals surface area (Å²) in [4.78, 5) is 10.8. The van der Waals surface area contributed by atoms with Crippen LogP contribution in [0.4, 0.5) is 0 Å². The van der Waals surface area contributed by atoms with Gasteiger partial charge in [0.05, 0.1) is 19.3 Å². The van der Waals surface area contributed by atoms with Crippen molar-refractivity contribution in [3.63, 3.8) is 0 Å². The van der Waals surface area contributed by atoms with Crippen molar-refractivity contribution in [1.29, 1.82) is 0 Å². The highest BCUT2D eigenvalue weighted by Gasteiger charge is 2.14. The highest BCUT2D eigenvalue weighted by atomic mass is 16.5. The number of rotatable bonds is 1. The third kappa shape index (κ3) is 2.57. The van der Waals surface area contributed by atoms with Crippen molar-refractivity contribution in [3.05, 3.63) is 11.8 Å². The fraction of sp³-hybridized carbons (Fsp3) is 0.667. The Bertz CT molecular complexity index is 196. The third-order valence-electron chi connectivity index (χ3n) is 1.87. The summed E-state index contributed by atoms with van der Waals surface area (Å²) in [5.41, 5.74) is 0. The number of hydrogen-bond acceptors (Lipinski definition) is 3. The van der Waals surface area contributed by atoms with Crippen LogP contribution in [0.15, 0.2) is 11.8 Å². The zero-order valence-electron chi connectivity index (χ0n) is 7.50. The second kappa shape index (κ2) is 4.14. The van der Waals surface area contributed by atoms with Gasteiger partial charge in [0, 0.05) is 6.42 Å². The number of carbonyl (C=O) groups is 1. The van der Waals surface area contributed by atoms with Crippen molar-refractivity contribution in [2.24, 2.45) is 0 Å². The molecule has 3 heteroatoms. The van der Waals surface area contributed by atoms with Crippen LogP contribution >= 0.6 is 0 Å². The van der Waals surface area contributed by atoms with Crippen molar-refractivity contribution < 1.29 is 14.3 Å². The van der Waals surface area contributed by atoms with E-state index in [2.05, 4.69) is 4.74 Å². The lowest BCUT2D eigenvalue weighted by molar-refractivity contribution is -0.135. The van der Waals surface area contributed by atoms with Crippen molar-refractivity contribution in [2.75, 3.05) is 7.11 Å². The molecule has 12 heavy (non-hydrogen) atoms. The van der Waals surface area contributed by atoms with E-state index < -0.39 is 0 Å². The van der Waals surface area contributed by atoms with Crippen molar-refractivity contribution in [3.8, 4) is 0 Å². The number of esters is 1. The molecule has 0 aliphatic carbocycles. The number of methoxy groups -OCH3 is 1. The minimum absolute atomic E-state index is 0.231. The first kappa shape index (κ1) is 9.10. The quantitative estimate of drug-likeness (QED) is 0.443. The molecule has 0 aromatic carbocycles. The molecule has 0 spiro atoms. The Morgan fingerprint density at radius 2 is 2.50 bits per heavy atom. The minimum atomic E-state index is -0.334. The molecule has 0 bridgehead atoms. The smallest absolute Gasteiger partial charge is 0.333 e. The first-order valence-corrected chi connectivity index (χ1v) is 4.17. The Kier molecular flexibility index (Phi) is 3.14. The van der Waals surface area contributed by atoms with Crippen molar-refractivity contribution in [2.45, 2.75) is 32.3 Å². The number of ether oxygens (including phenoxy) is 2. The van der Waals surface area contributed by atoms with Gasteiger partial charge in [-0.15, -0.1) is 0 Å². The predicted molar refractivity (Wildman–Crippen MR) is 44.5 cm³/mol.